The SMILES string of the molecule is CC1(C)c2cc3c(cc2-c2c(-c4cc(-c5ccc(-c6ccccc6)cc5)nc(-c5ccccc5)n4)cccc21)Oc1ccccc1C31c2ccccc2-c2ccccc21. The van der Waals surface area contributed by atoms with Crippen LogP contribution in [0, 0.1) is 0 Å². The van der Waals surface area contributed by atoms with Crippen LogP contribution >= 0.6 is 0 Å². The van der Waals surface area contributed by atoms with E-state index >= 15 is 0 Å². The number of hydrogen-bond acceptors (Lipinski definition) is 3. The minimum Gasteiger partial charge on any atom is -0.457 e. The van der Waals surface area contributed by atoms with Gasteiger partial charge in [0.25, 0.3) is 0 Å². The lowest BCUT2D eigenvalue weighted by Gasteiger charge is -2.40. The summed E-state index contributed by atoms with van der Waals surface area (Å²) in [4.78, 5) is 10.5. The molecule has 0 fully saturated rings. The van der Waals surface area contributed by atoms with Gasteiger partial charge in [-0.1, -0.05) is 184 Å². The molecular formula is C56H38N2O. The fourth-order valence-corrected chi connectivity index (χ4v) is 10.3. The minimum atomic E-state index is -0.526. The van der Waals surface area contributed by atoms with Crippen LogP contribution in [0.2, 0.25) is 0 Å². The molecule has 0 amide bonds. The van der Waals surface area contributed by atoms with E-state index in [-0.39, 0.29) is 5.41 Å². The van der Waals surface area contributed by atoms with Gasteiger partial charge in [-0.2, -0.15) is 0 Å². The van der Waals surface area contributed by atoms with Crippen molar-refractivity contribution >= 4 is 0 Å². The van der Waals surface area contributed by atoms with Gasteiger partial charge in [0.2, 0.25) is 0 Å². The molecule has 3 heteroatoms. The van der Waals surface area contributed by atoms with Gasteiger partial charge >= 0.3 is 0 Å². The van der Waals surface area contributed by atoms with Crippen LogP contribution in [0.3, 0.4) is 0 Å². The molecule has 3 nitrogen and oxygen atoms in total. The van der Waals surface area contributed by atoms with E-state index in [9.17, 15) is 0 Å². The van der Waals surface area contributed by atoms with Crippen LogP contribution in [0.15, 0.2) is 194 Å². The van der Waals surface area contributed by atoms with Crippen molar-refractivity contribution in [2.45, 2.75) is 24.7 Å². The Morgan fingerprint density at radius 2 is 0.898 bits per heavy atom. The first-order valence-corrected chi connectivity index (χ1v) is 20.4. The molecule has 0 unspecified atom stereocenters. The highest BCUT2D eigenvalue weighted by Crippen LogP contribution is 2.64. The molecule has 9 aromatic rings. The lowest BCUT2D eigenvalue weighted by Crippen LogP contribution is -2.32. The Balaban J connectivity index is 1.08. The van der Waals surface area contributed by atoms with E-state index in [0.29, 0.717) is 5.82 Å². The predicted octanol–water partition coefficient (Wildman–Crippen LogP) is 13.9. The van der Waals surface area contributed by atoms with Crippen LogP contribution in [0.25, 0.3) is 67.3 Å². The van der Waals surface area contributed by atoms with Crippen molar-refractivity contribution in [3.8, 4) is 78.8 Å². The van der Waals surface area contributed by atoms with Crippen molar-refractivity contribution in [1.29, 1.82) is 0 Å². The molecule has 0 radical (unpaired) electrons. The van der Waals surface area contributed by atoms with Gasteiger partial charge in [-0.3, -0.25) is 0 Å². The molecule has 2 aliphatic carbocycles. The van der Waals surface area contributed by atoms with Crippen LogP contribution in [0.5, 0.6) is 11.5 Å². The fourth-order valence-electron chi connectivity index (χ4n) is 10.3. The van der Waals surface area contributed by atoms with Crippen molar-refractivity contribution in [3.05, 3.63) is 228 Å². The quantitative estimate of drug-likeness (QED) is 0.179. The lowest BCUT2D eigenvalue weighted by atomic mass is 9.65. The molecule has 8 aromatic carbocycles. The zero-order valence-electron chi connectivity index (χ0n) is 32.8. The van der Waals surface area contributed by atoms with Crippen LogP contribution in [-0.4, -0.2) is 9.97 Å². The van der Waals surface area contributed by atoms with Crippen LogP contribution in [0.1, 0.15) is 47.2 Å². The van der Waals surface area contributed by atoms with Gasteiger partial charge in [-0.15, -0.1) is 0 Å². The van der Waals surface area contributed by atoms with Gasteiger partial charge in [0.1, 0.15) is 11.5 Å². The van der Waals surface area contributed by atoms with Crippen molar-refractivity contribution < 1.29 is 4.74 Å². The summed E-state index contributed by atoms with van der Waals surface area (Å²) in [5.74, 6) is 2.48. The van der Waals surface area contributed by atoms with E-state index in [4.69, 9.17) is 14.7 Å². The summed E-state index contributed by atoms with van der Waals surface area (Å²) in [6.45, 7) is 4.73. The molecule has 0 bridgehead atoms. The molecule has 0 saturated carbocycles. The zero-order chi connectivity index (χ0) is 39.3. The third-order valence-electron chi connectivity index (χ3n) is 13.0. The second-order valence-corrected chi connectivity index (χ2v) is 16.5. The molecule has 0 saturated heterocycles. The number of rotatable bonds is 4. The van der Waals surface area contributed by atoms with Crippen molar-refractivity contribution in [2.75, 3.05) is 0 Å². The standard InChI is InChI=1S/C56H38N2O/c1-55(2)46-26-15-22-41(50-34-49(57-54(58-50)38-18-7-4-8-19-38)37-30-28-36(29-31-37)35-16-5-3-6-17-35)53(46)42-32-52-48(33-47(42)55)56(45-25-13-14-27-51(45)59-52)43-23-11-9-20-39(43)40-21-10-12-24-44(40)56/h3-34H,1-2H3. The average Bonchev–Trinajstić information content (AvgIpc) is 3.71. The average molecular weight is 755 g/mol. The number of para-hydroxylation sites is 1. The number of fused-ring (bicyclic) bond motifs is 12. The first kappa shape index (κ1) is 33.7. The Morgan fingerprint density at radius 3 is 1.61 bits per heavy atom. The maximum absolute atomic E-state index is 7.02. The summed E-state index contributed by atoms with van der Waals surface area (Å²) in [6.07, 6.45) is 0. The monoisotopic (exact) mass is 754 g/mol. The summed E-state index contributed by atoms with van der Waals surface area (Å²) >= 11 is 0. The van der Waals surface area contributed by atoms with Crippen LogP contribution in [0.4, 0.5) is 0 Å². The lowest BCUT2D eigenvalue weighted by molar-refractivity contribution is 0.436. The Hall–Kier alpha value is -7.36. The topological polar surface area (TPSA) is 35.0 Å². The first-order valence-electron chi connectivity index (χ1n) is 20.4. The summed E-state index contributed by atoms with van der Waals surface area (Å²) in [5, 5.41) is 0. The van der Waals surface area contributed by atoms with E-state index in [0.717, 1.165) is 39.6 Å². The molecule has 1 aliphatic heterocycles. The number of benzene rings is 8. The number of aromatic nitrogens is 2. The third-order valence-corrected chi connectivity index (χ3v) is 13.0. The zero-order valence-corrected chi connectivity index (χ0v) is 32.8. The highest BCUT2D eigenvalue weighted by atomic mass is 16.5. The van der Waals surface area contributed by atoms with Gasteiger partial charge in [0, 0.05) is 33.2 Å². The number of hydrogen-bond donors (Lipinski definition) is 0. The summed E-state index contributed by atoms with van der Waals surface area (Å²) in [6, 6.07) is 69.7. The Bertz CT molecular complexity index is 3100. The van der Waals surface area contributed by atoms with Crippen molar-refractivity contribution in [3.63, 3.8) is 0 Å². The Morgan fingerprint density at radius 1 is 0.356 bits per heavy atom. The Kier molecular flexibility index (Phi) is 7.19. The van der Waals surface area contributed by atoms with Gasteiger partial charge < -0.3 is 4.74 Å². The van der Waals surface area contributed by atoms with Crippen molar-refractivity contribution in [2.24, 2.45) is 0 Å². The van der Waals surface area contributed by atoms with E-state index in [1.165, 1.54) is 66.8 Å². The van der Waals surface area contributed by atoms with Gasteiger partial charge in [-0.25, -0.2) is 9.97 Å². The first-order chi connectivity index (χ1) is 29.0. The van der Waals surface area contributed by atoms with Crippen LogP contribution in [-0.2, 0) is 10.8 Å². The minimum absolute atomic E-state index is 0.295. The molecule has 0 atom stereocenters. The molecule has 278 valence electrons. The normalized spacial score (nSPS) is 14.3. The van der Waals surface area contributed by atoms with E-state index in [1.807, 2.05) is 18.2 Å². The molecule has 1 aromatic heterocycles. The largest absolute Gasteiger partial charge is 0.457 e. The molecule has 0 N–H and O–H groups in total. The van der Waals surface area contributed by atoms with Crippen molar-refractivity contribution in [1.82, 2.24) is 9.97 Å². The fraction of sp³-hybridized carbons (Fsp3) is 0.0714. The number of nitrogens with zero attached hydrogens (tertiary/aromatic N) is 2. The molecule has 1 spiro atoms. The Labute approximate surface area is 344 Å². The second kappa shape index (κ2) is 12.6. The van der Waals surface area contributed by atoms with Gasteiger partial charge in [0.15, 0.2) is 5.82 Å². The molecule has 2 heterocycles. The van der Waals surface area contributed by atoms with Crippen LogP contribution < -0.4 is 4.74 Å². The molecular weight excluding hydrogens is 717 g/mol. The van der Waals surface area contributed by atoms with E-state index < -0.39 is 5.41 Å². The molecule has 12 rings (SSSR count). The third kappa shape index (κ3) is 4.82. The van der Waals surface area contributed by atoms with E-state index in [1.54, 1.807) is 0 Å². The maximum atomic E-state index is 7.02. The molecule has 59 heavy (non-hydrogen) atoms. The van der Waals surface area contributed by atoms with Gasteiger partial charge in [-0.05, 0) is 79.9 Å². The highest BCUT2D eigenvalue weighted by Gasteiger charge is 2.52. The second-order valence-electron chi connectivity index (χ2n) is 16.5. The summed E-state index contributed by atoms with van der Waals surface area (Å²) < 4.78 is 7.02. The smallest absolute Gasteiger partial charge is 0.160 e. The highest BCUT2D eigenvalue weighted by molar-refractivity contribution is 5.95. The van der Waals surface area contributed by atoms with Gasteiger partial charge in [0.05, 0.1) is 16.8 Å². The summed E-state index contributed by atoms with van der Waals surface area (Å²) in [7, 11) is 0. The predicted molar refractivity (Wildman–Crippen MR) is 239 cm³/mol. The maximum Gasteiger partial charge on any atom is 0.160 e. The number of ether oxygens (including phenoxy) is 1. The van der Waals surface area contributed by atoms with E-state index in [2.05, 4.69) is 190 Å². The summed E-state index contributed by atoms with van der Waals surface area (Å²) in [5.41, 5.74) is 18.9. The molecule has 3 aliphatic rings.